The molecule has 1 heterocycles. The fraction of sp³-hybridized carbons (Fsp3) is 0.333. The molecule has 0 saturated carbocycles. The van der Waals surface area contributed by atoms with Crippen molar-refractivity contribution < 1.29 is 9.59 Å². The predicted octanol–water partition coefficient (Wildman–Crippen LogP) is 3.78. The van der Waals surface area contributed by atoms with Crippen LogP contribution in [0.25, 0.3) is 0 Å². The van der Waals surface area contributed by atoms with E-state index in [1.165, 1.54) is 5.56 Å². The van der Waals surface area contributed by atoms with Gasteiger partial charge in [-0.05, 0) is 55.8 Å². The third kappa shape index (κ3) is 4.34. The first-order chi connectivity index (χ1) is 12.2. The van der Waals surface area contributed by atoms with Crippen molar-refractivity contribution in [1.82, 2.24) is 4.90 Å². The zero-order chi connectivity index (χ0) is 17.6. The lowest BCUT2D eigenvalue weighted by Crippen LogP contribution is -2.33. The summed E-state index contributed by atoms with van der Waals surface area (Å²) in [4.78, 5) is 27.2. The molecule has 4 nitrogen and oxygen atoms in total. The van der Waals surface area contributed by atoms with E-state index in [4.69, 9.17) is 0 Å². The Morgan fingerprint density at radius 1 is 1.08 bits per heavy atom. The number of hydrogen-bond donors (Lipinski definition) is 0. The Morgan fingerprint density at radius 3 is 2.40 bits per heavy atom. The Balaban J connectivity index is 1.76. The van der Waals surface area contributed by atoms with Crippen molar-refractivity contribution in [3.63, 3.8) is 0 Å². The number of benzene rings is 2. The summed E-state index contributed by atoms with van der Waals surface area (Å²) in [5.74, 6) is 0.212. The predicted molar refractivity (Wildman–Crippen MR) is 99.8 cm³/mol. The molecule has 2 aromatic rings. The second-order valence-corrected chi connectivity index (χ2v) is 6.61. The maximum Gasteiger partial charge on any atom is 0.228 e. The van der Waals surface area contributed by atoms with Gasteiger partial charge in [0.2, 0.25) is 5.91 Å². The van der Waals surface area contributed by atoms with Crippen molar-refractivity contribution >= 4 is 23.6 Å². The van der Waals surface area contributed by atoms with Crippen LogP contribution in [-0.4, -0.2) is 30.2 Å². The molecule has 0 unspecified atom stereocenters. The van der Waals surface area contributed by atoms with Crippen molar-refractivity contribution in [2.75, 3.05) is 18.0 Å². The maximum atomic E-state index is 12.2. The van der Waals surface area contributed by atoms with Crippen LogP contribution >= 0.6 is 0 Å². The van der Waals surface area contributed by atoms with Crippen molar-refractivity contribution in [3.8, 4) is 0 Å². The summed E-state index contributed by atoms with van der Waals surface area (Å²) in [6.45, 7) is 4.33. The molecule has 1 aliphatic heterocycles. The molecule has 1 fully saturated rings. The van der Waals surface area contributed by atoms with Crippen molar-refractivity contribution in [2.45, 2.75) is 26.3 Å². The number of carbonyl (C=O) groups excluding carboxylic acids is 2. The van der Waals surface area contributed by atoms with Gasteiger partial charge in [-0.25, -0.2) is 0 Å². The molecule has 1 amide bonds. The molecule has 1 saturated heterocycles. The first-order valence-electron chi connectivity index (χ1n) is 8.79. The van der Waals surface area contributed by atoms with Crippen LogP contribution in [0.2, 0.25) is 0 Å². The fourth-order valence-corrected chi connectivity index (χ4v) is 3.39. The van der Waals surface area contributed by atoms with Crippen LogP contribution in [0.5, 0.6) is 0 Å². The van der Waals surface area contributed by atoms with E-state index in [9.17, 15) is 9.59 Å². The number of likely N-dealkylation sites (tertiary alicyclic amines) is 1. The lowest BCUT2D eigenvalue weighted by Gasteiger charge is -2.30. The minimum Gasteiger partial charge on any atom is -0.303 e. The van der Waals surface area contributed by atoms with Gasteiger partial charge in [0.05, 0.1) is 0 Å². The Bertz CT molecular complexity index is 722. The summed E-state index contributed by atoms with van der Waals surface area (Å²) in [5.41, 5.74) is 2.95. The molecule has 3 rings (SSSR count). The smallest absolute Gasteiger partial charge is 0.228 e. The number of carbonyl (C=O) groups is 2. The lowest BCUT2D eigenvalue weighted by atomic mass is 9.98. The molecule has 0 atom stereocenters. The minimum absolute atomic E-state index is 0.00449. The molecule has 0 aliphatic carbocycles. The van der Waals surface area contributed by atoms with Gasteiger partial charge >= 0.3 is 0 Å². The summed E-state index contributed by atoms with van der Waals surface area (Å²) in [7, 11) is 0. The molecular formula is C21H24N2O2. The summed E-state index contributed by atoms with van der Waals surface area (Å²) in [5, 5.41) is 0. The molecular weight excluding hydrogens is 312 g/mol. The van der Waals surface area contributed by atoms with Gasteiger partial charge in [0.25, 0.3) is 0 Å². The third-order valence-corrected chi connectivity index (χ3v) is 4.73. The molecule has 1 aliphatic rings. The average Bonchev–Trinajstić information content (AvgIpc) is 2.63. The number of anilines is 2. The molecule has 4 heteroatoms. The normalized spacial score (nSPS) is 15.7. The topological polar surface area (TPSA) is 40.6 Å². The Hall–Kier alpha value is -2.46. The molecule has 0 spiro atoms. The fourth-order valence-electron chi connectivity index (χ4n) is 3.39. The van der Waals surface area contributed by atoms with E-state index in [2.05, 4.69) is 17.0 Å². The van der Waals surface area contributed by atoms with Crippen molar-refractivity contribution in [2.24, 2.45) is 5.92 Å². The van der Waals surface area contributed by atoms with E-state index in [1.807, 2.05) is 42.5 Å². The van der Waals surface area contributed by atoms with Crippen LogP contribution in [0, 0.1) is 5.92 Å². The second kappa shape index (κ2) is 8.08. The molecule has 0 N–H and O–H groups in total. The van der Waals surface area contributed by atoms with Crippen LogP contribution in [0.15, 0.2) is 54.6 Å². The zero-order valence-electron chi connectivity index (χ0n) is 14.6. The highest BCUT2D eigenvalue weighted by Gasteiger charge is 2.19. The second-order valence-electron chi connectivity index (χ2n) is 6.61. The SMILES string of the molecule is CC(=O)N(c1ccccc1)c1cccc(CN2CCC(C=O)CC2)c1. The van der Waals surface area contributed by atoms with E-state index in [-0.39, 0.29) is 11.8 Å². The molecule has 25 heavy (non-hydrogen) atoms. The molecule has 0 bridgehead atoms. The molecule has 0 aromatic heterocycles. The standard InChI is InChI=1S/C21H24N2O2/c1-17(25)23(20-7-3-2-4-8-20)21-9-5-6-19(14-21)15-22-12-10-18(16-24)11-13-22/h2-9,14,16,18H,10-13,15H2,1H3. The highest BCUT2D eigenvalue weighted by atomic mass is 16.2. The average molecular weight is 336 g/mol. The van der Waals surface area contributed by atoms with Crippen molar-refractivity contribution in [3.05, 3.63) is 60.2 Å². The summed E-state index contributed by atoms with van der Waals surface area (Å²) < 4.78 is 0. The van der Waals surface area contributed by atoms with E-state index < -0.39 is 0 Å². The summed E-state index contributed by atoms with van der Waals surface area (Å²) >= 11 is 0. The largest absolute Gasteiger partial charge is 0.303 e. The Kier molecular flexibility index (Phi) is 5.61. The quantitative estimate of drug-likeness (QED) is 0.780. The van der Waals surface area contributed by atoms with E-state index in [0.29, 0.717) is 0 Å². The molecule has 2 aromatic carbocycles. The number of rotatable bonds is 5. The minimum atomic E-state index is -0.00449. The van der Waals surface area contributed by atoms with Gasteiger partial charge in [-0.15, -0.1) is 0 Å². The Morgan fingerprint density at radius 2 is 1.76 bits per heavy atom. The van der Waals surface area contributed by atoms with Gasteiger partial charge in [0, 0.05) is 30.8 Å². The van der Waals surface area contributed by atoms with Crippen molar-refractivity contribution in [1.29, 1.82) is 0 Å². The zero-order valence-corrected chi connectivity index (χ0v) is 14.6. The van der Waals surface area contributed by atoms with E-state index in [0.717, 1.165) is 50.1 Å². The van der Waals surface area contributed by atoms with Gasteiger partial charge in [0.15, 0.2) is 0 Å². The number of piperidine rings is 1. The monoisotopic (exact) mass is 336 g/mol. The van der Waals surface area contributed by atoms with Crippen LogP contribution in [0.4, 0.5) is 11.4 Å². The number of amides is 1. The number of aldehydes is 1. The number of hydrogen-bond acceptors (Lipinski definition) is 3. The van der Waals surface area contributed by atoms with E-state index in [1.54, 1.807) is 11.8 Å². The van der Waals surface area contributed by atoms with Gasteiger partial charge in [0.1, 0.15) is 6.29 Å². The molecule has 130 valence electrons. The van der Waals surface area contributed by atoms with Crippen LogP contribution in [0.1, 0.15) is 25.3 Å². The van der Waals surface area contributed by atoms with Crippen LogP contribution in [0.3, 0.4) is 0 Å². The van der Waals surface area contributed by atoms with Crippen LogP contribution in [-0.2, 0) is 16.1 Å². The maximum absolute atomic E-state index is 12.2. The number of nitrogens with zero attached hydrogens (tertiary/aromatic N) is 2. The van der Waals surface area contributed by atoms with E-state index >= 15 is 0 Å². The Labute approximate surface area is 149 Å². The van der Waals surface area contributed by atoms with Gasteiger partial charge in [-0.3, -0.25) is 14.6 Å². The highest BCUT2D eigenvalue weighted by Crippen LogP contribution is 2.27. The highest BCUT2D eigenvalue weighted by molar-refractivity contribution is 5.99. The number of para-hydroxylation sites is 1. The molecule has 0 radical (unpaired) electrons. The summed E-state index contributed by atoms with van der Waals surface area (Å²) in [6, 6.07) is 17.9. The lowest BCUT2D eigenvalue weighted by molar-refractivity contribution is -0.116. The van der Waals surface area contributed by atoms with Crippen LogP contribution < -0.4 is 4.90 Å². The first-order valence-corrected chi connectivity index (χ1v) is 8.79. The van der Waals surface area contributed by atoms with Gasteiger partial charge in [-0.2, -0.15) is 0 Å². The van der Waals surface area contributed by atoms with Gasteiger partial charge < -0.3 is 4.79 Å². The summed E-state index contributed by atoms with van der Waals surface area (Å²) in [6.07, 6.45) is 2.96. The first kappa shape index (κ1) is 17.4. The third-order valence-electron chi connectivity index (χ3n) is 4.73. The van der Waals surface area contributed by atoms with Gasteiger partial charge in [-0.1, -0.05) is 30.3 Å².